The van der Waals surface area contributed by atoms with Crippen LogP contribution in [0.2, 0.25) is 0 Å². The molecule has 0 fully saturated rings. The molecule has 5 nitrogen and oxygen atoms in total. The minimum Gasteiger partial charge on any atom is -0.394 e. The van der Waals surface area contributed by atoms with E-state index in [2.05, 4.69) is 10.00 Å². The summed E-state index contributed by atoms with van der Waals surface area (Å²) in [7, 11) is 2.05. The lowest BCUT2D eigenvalue weighted by molar-refractivity contribution is 0.163. The molecule has 0 aliphatic carbocycles. The van der Waals surface area contributed by atoms with E-state index in [1.165, 1.54) is 5.56 Å². The predicted molar refractivity (Wildman–Crippen MR) is 71.4 cm³/mol. The molecule has 0 saturated carbocycles. The molecule has 0 spiro atoms. The molecule has 0 saturated heterocycles. The van der Waals surface area contributed by atoms with Gasteiger partial charge in [0, 0.05) is 24.3 Å². The van der Waals surface area contributed by atoms with Crippen molar-refractivity contribution in [1.82, 2.24) is 14.7 Å². The van der Waals surface area contributed by atoms with E-state index in [0.29, 0.717) is 6.54 Å². The van der Waals surface area contributed by atoms with Gasteiger partial charge in [-0.05, 0) is 34.2 Å². The number of hydrogen-bond acceptors (Lipinski definition) is 4. The average Bonchev–Trinajstić information content (AvgIpc) is 2.55. The Morgan fingerprint density at radius 1 is 1.39 bits per heavy atom. The van der Waals surface area contributed by atoms with E-state index in [-0.39, 0.29) is 12.7 Å². The van der Waals surface area contributed by atoms with Crippen molar-refractivity contribution in [2.75, 3.05) is 20.2 Å². The van der Waals surface area contributed by atoms with E-state index in [4.69, 9.17) is 5.11 Å². The summed E-state index contributed by atoms with van der Waals surface area (Å²) < 4.78 is 1.85. The highest BCUT2D eigenvalue weighted by Crippen LogP contribution is 2.15. The van der Waals surface area contributed by atoms with Crippen LogP contribution in [0, 0.1) is 13.8 Å². The maximum absolute atomic E-state index is 9.28. The number of nitrogens with zero attached hydrogens (tertiary/aromatic N) is 3. The maximum Gasteiger partial charge on any atom is 0.0644 e. The molecule has 1 rings (SSSR count). The number of aromatic nitrogens is 2. The van der Waals surface area contributed by atoms with E-state index in [1.807, 2.05) is 32.5 Å². The summed E-state index contributed by atoms with van der Waals surface area (Å²) >= 11 is 0. The van der Waals surface area contributed by atoms with E-state index < -0.39 is 0 Å². The largest absolute Gasteiger partial charge is 0.394 e. The Kier molecular flexibility index (Phi) is 5.78. The minimum absolute atomic E-state index is 0.110. The summed E-state index contributed by atoms with van der Waals surface area (Å²) in [6, 6.07) is 0. The van der Waals surface area contributed by atoms with Crippen molar-refractivity contribution in [2.45, 2.75) is 46.4 Å². The first-order chi connectivity index (χ1) is 8.45. The van der Waals surface area contributed by atoms with Gasteiger partial charge in [0.25, 0.3) is 0 Å². The van der Waals surface area contributed by atoms with Crippen LogP contribution in [0.15, 0.2) is 0 Å². The molecule has 2 N–H and O–H groups in total. The molecule has 18 heavy (non-hydrogen) atoms. The standard InChI is InChI=1S/C13H25N3O2/c1-10(18)5-6-15(4)9-13-11(2)14-16(7-8-17)12(13)3/h10,17-18H,5-9H2,1-4H3. The maximum atomic E-state index is 9.28. The van der Waals surface area contributed by atoms with Gasteiger partial charge in [-0.1, -0.05) is 0 Å². The second kappa shape index (κ2) is 6.87. The molecule has 1 aromatic heterocycles. The lowest BCUT2D eigenvalue weighted by atomic mass is 10.2. The molecule has 0 aromatic carbocycles. The topological polar surface area (TPSA) is 61.5 Å². The van der Waals surface area contributed by atoms with Crippen LogP contribution < -0.4 is 0 Å². The van der Waals surface area contributed by atoms with Crippen molar-refractivity contribution in [3.63, 3.8) is 0 Å². The lowest BCUT2D eigenvalue weighted by Crippen LogP contribution is -2.22. The van der Waals surface area contributed by atoms with Gasteiger partial charge in [-0.2, -0.15) is 5.10 Å². The molecule has 0 aliphatic rings. The van der Waals surface area contributed by atoms with Crippen molar-refractivity contribution in [3.05, 3.63) is 17.0 Å². The van der Waals surface area contributed by atoms with Crippen LogP contribution in [0.4, 0.5) is 0 Å². The molecule has 5 heteroatoms. The van der Waals surface area contributed by atoms with Crippen molar-refractivity contribution in [3.8, 4) is 0 Å². The average molecular weight is 255 g/mol. The van der Waals surface area contributed by atoms with Crippen LogP contribution in [0.3, 0.4) is 0 Å². The van der Waals surface area contributed by atoms with Crippen molar-refractivity contribution < 1.29 is 10.2 Å². The third-order valence-corrected chi connectivity index (χ3v) is 3.20. The minimum atomic E-state index is -0.258. The van der Waals surface area contributed by atoms with Crippen molar-refractivity contribution in [2.24, 2.45) is 0 Å². The van der Waals surface area contributed by atoms with Crippen LogP contribution in [0.1, 0.15) is 30.3 Å². The van der Waals surface area contributed by atoms with Gasteiger partial charge < -0.3 is 15.1 Å². The van der Waals surface area contributed by atoms with E-state index >= 15 is 0 Å². The molecular weight excluding hydrogens is 230 g/mol. The number of rotatable bonds is 7. The van der Waals surface area contributed by atoms with Crippen LogP contribution in [0.5, 0.6) is 0 Å². The molecule has 1 atom stereocenters. The smallest absolute Gasteiger partial charge is 0.0644 e. The monoisotopic (exact) mass is 255 g/mol. The molecule has 1 heterocycles. The van der Waals surface area contributed by atoms with Gasteiger partial charge in [-0.3, -0.25) is 4.68 Å². The Hall–Kier alpha value is -0.910. The quantitative estimate of drug-likeness (QED) is 0.753. The second-order valence-electron chi connectivity index (χ2n) is 4.97. The Labute approximate surface area is 109 Å². The molecule has 104 valence electrons. The summed E-state index contributed by atoms with van der Waals surface area (Å²) in [5, 5.41) is 22.7. The third-order valence-electron chi connectivity index (χ3n) is 3.20. The first-order valence-corrected chi connectivity index (χ1v) is 6.46. The van der Waals surface area contributed by atoms with Gasteiger partial charge in [0.05, 0.1) is 24.9 Å². The highest BCUT2D eigenvalue weighted by molar-refractivity contribution is 5.24. The number of aliphatic hydroxyl groups is 2. The first kappa shape index (κ1) is 15.1. The Bertz CT molecular complexity index is 375. The molecular formula is C13H25N3O2. The van der Waals surface area contributed by atoms with Crippen LogP contribution in [-0.4, -0.2) is 51.2 Å². The zero-order valence-electron chi connectivity index (χ0n) is 11.8. The Morgan fingerprint density at radius 2 is 2.06 bits per heavy atom. The number of aryl methyl sites for hydroxylation is 1. The molecule has 1 aromatic rings. The molecule has 0 bridgehead atoms. The van der Waals surface area contributed by atoms with E-state index in [9.17, 15) is 5.11 Å². The zero-order chi connectivity index (χ0) is 13.7. The van der Waals surface area contributed by atoms with Gasteiger partial charge >= 0.3 is 0 Å². The summed E-state index contributed by atoms with van der Waals surface area (Å²) in [5.41, 5.74) is 3.35. The fraction of sp³-hybridized carbons (Fsp3) is 0.769. The normalized spacial score (nSPS) is 13.3. The number of hydrogen-bond donors (Lipinski definition) is 2. The van der Waals surface area contributed by atoms with Crippen LogP contribution in [-0.2, 0) is 13.1 Å². The first-order valence-electron chi connectivity index (χ1n) is 6.46. The van der Waals surface area contributed by atoms with E-state index in [0.717, 1.165) is 30.9 Å². The van der Waals surface area contributed by atoms with Gasteiger partial charge in [0.2, 0.25) is 0 Å². The lowest BCUT2D eigenvalue weighted by Gasteiger charge is -2.17. The highest BCUT2D eigenvalue weighted by atomic mass is 16.3. The molecule has 1 unspecified atom stereocenters. The van der Waals surface area contributed by atoms with Crippen LogP contribution in [0.25, 0.3) is 0 Å². The second-order valence-corrected chi connectivity index (χ2v) is 4.97. The summed E-state index contributed by atoms with van der Waals surface area (Å²) in [5.74, 6) is 0. The molecule has 0 radical (unpaired) electrons. The van der Waals surface area contributed by atoms with Gasteiger partial charge in [0.15, 0.2) is 0 Å². The third kappa shape index (κ3) is 4.08. The fourth-order valence-electron chi connectivity index (χ4n) is 2.03. The molecule has 0 amide bonds. The Balaban J connectivity index is 2.66. The Morgan fingerprint density at radius 3 is 2.61 bits per heavy atom. The van der Waals surface area contributed by atoms with Crippen molar-refractivity contribution in [1.29, 1.82) is 0 Å². The van der Waals surface area contributed by atoms with Gasteiger partial charge in [0.1, 0.15) is 0 Å². The summed E-state index contributed by atoms with van der Waals surface area (Å²) in [6.07, 6.45) is 0.520. The van der Waals surface area contributed by atoms with E-state index in [1.54, 1.807) is 0 Å². The van der Waals surface area contributed by atoms with Crippen molar-refractivity contribution >= 4 is 0 Å². The van der Waals surface area contributed by atoms with Crippen LogP contribution >= 0.6 is 0 Å². The predicted octanol–water partition coefficient (Wildman–Crippen LogP) is 0.695. The highest BCUT2D eigenvalue weighted by Gasteiger charge is 2.13. The van der Waals surface area contributed by atoms with Gasteiger partial charge in [-0.15, -0.1) is 0 Å². The zero-order valence-corrected chi connectivity index (χ0v) is 11.8. The summed E-state index contributed by atoms with van der Waals surface area (Å²) in [4.78, 5) is 2.19. The SMILES string of the molecule is Cc1nn(CCO)c(C)c1CN(C)CCC(C)O. The number of aliphatic hydroxyl groups excluding tert-OH is 2. The van der Waals surface area contributed by atoms with Gasteiger partial charge in [-0.25, -0.2) is 0 Å². The molecule has 0 aliphatic heterocycles. The summed E-state index contributed by atoms with van der Waals surface area (Å²) in [6.45, 7) is 8.19. The fourth-order valence-corrected chi connectivity index (χ4v) is 2.03.